The van der Waals surface area contributed by atoms with Crippen LogP contribution < -0.4 is 4.74 Å². The number of methoxy groups -OCH3 is 1. The Labute approximate surface area is 184 Å². The van der Waals surface area contributed by atoms with Crippen LogP contribution in [0.5, 0.6) is 5.75 Å². The lowest BCUT2D eigenvalue weighted by molar-refractivity contribution is -0.127. The van der Waals surface area contributed by atoms with Gasteiger partial charge in [0, 0.05) is 17.8 Å². The molecule has 2 saturated heterocycles. The van der Waals surface area contributed by atoms with Crippen molar-refractivity contribution in [2.75, 3.05) is 7.11 Å². The average molecular weight is 435 g/mol. The molecule has 164 valence electrons. The van der Waals surface area contributed by atoms with Gasteiger partial charge in [0.15, 0.2) is 11.6 Å². The molecule has 0 radical (unpaired) electrons. The summed E-state index contributed by atoms with van der Waals surface area (Å²) in [5.41, 5.74) is 4.01. The number of carbonyl (C=O) groups is 1. The smallest absolute Gasteiger partial charge is 0.250 e. The monoisotopic (exact) mass is 435 g/mol. The Bertz CT molecular complexity index is 1230. The molecule has 2 atom stereocenters. The van der Waals surface area contributed by atoms with Crippen molar-refractivity contribution in [3.05, 3.63) is 83.0 Å². The maximum Gasteiger partial charge on any atom is 0.250 e. The van der Waals surface area contributed by atoms with Gasteiger partial charge in [-0.05, 0) is 67.7 Å². The molecule has 0 bridgehead atoms. The van der Waals surface area contributed by atoms with Crippen LogP contribution in [-0.2, 0) is 4.79 Å². The lowest BCUT2D eigenvalue weighted by Crippen LogP contribution is -2.30. The van der Waals surface area contributed by atoms with Crippen LogP contribution in [0.2, 0.25) is 0 Å². The zero-order valence-electron chi connectivity index (χ0n) is 17.9. The van der Waals surface area contributed by atoms with E-state index in [9.17, 15) is 13.6 Å². The summed E-state index contributed by atoms with van der Waals surface area (Å²) in [6.45, 7) is 1.92. The second-order valence-electron chi connectivity index (χ2n) is 8.36. The Balaban J connectivity index is 1.42. The van der Waals surface area contributed by atoms with Gasteiger partial charge in [-0.2, -0.15) is 0 Å². The number of benzene rings is 2. The standard InChI is InChI=1S/C25H23F2N3O2/c1-15-13-29(14-28-15)23-7-3-16(10-24(23)32-2)9-18-11-19-5-8-22(30(19)25(18)31)17-4-6-20(26)21(27)12-17/h3-4,6-7,9-10,12-14,19,22H,5,8,11H2,1-2H3/t19-,22+/m0/s1. The van der Waals surface area contributed by atoms with Crippen LogP contribution in [0.25, 0.3) is 11.8 Å². The molecular weight excluding hydrogens is 412 g/mol. The average Bonchev–Trinajstić information content (AvgIpc) is 3.47. The van der Waals surface area contributed by atoms with Gasteiger partial charge in [0.05, 0.1) is 30.9 Å². The normalized spacial score (nSPS) is 21.4. The Kier molecular flexibility index (Phi) is 5.04. The van der Waals surface area contributed by atoms with Gasteiger partial charge in [-0.1, -0.05) is 12.1 Å². The fourth-order valence-electron chi connectivity index (χ4n) is 4.82. The first-order chi connectivity index (χ1) is 15.4. The molecule has 0 spiro atoms. The minimum absolute atomic E-state index is 0.0458. The van der Waals surface area contributed by atoms with Crippen LogP contribution in [0.3, 0.4) is 0 Å². The molecule has 3 aromatic rings. The Hall–Kier alpha value is -3.48. The SMILES string of the molecule is COc1cc(C=C2C[C@@H]3CC[C@H](c4ccc(F)c(F)c4)N3C2=O)ccc1-n1cnc(C)c1. The summed E-state index contributed by atoms with van der Waals surface area (Å²) in [7, 11) is 1.61. The summed E-state index contributed by atoms with van der Waals surface area (Å²) in [4.78, 5) is 19.3. The number of halogens is 2. The second-order valence-corrected chi connectivity index (χ2v) is 8.36. The van der Waals surface area contributed by atoms with Gasteiger partial charge in [-0.15, -0.1) is 0 Å². The highest BCUT2D eigenvalue weighted by Gasteiger charge is 2.44. The third-order valence-corrected chi connectivity index (χ3v) is 6.33. The van der Waals surface area contributed by atoms with Crippen LogP contribution in [0.4, 0.5) is 8.78 Å². The van der Waals surface area contributed by atoms with Gasteiger partial charge >= 0.3 is 0 Å². The van der Waals surface area contributed by atoms with E-state index >= 15 is 0 Å². The van der Waals surface area contributed by atoms with E-state index in [0.29, 0.717) is 17.7 Å². The number of imidazole rings is 1. The van der Waals surface area contributed by atoms with Crippen LogP contribution in [0.15, 0.2) is 54.5 Å². The molecule has 5 rings (SSSR count). The van der Waals surface area contributed by atoms with E-state index in [4.69, 9.17) is 4.74 Å². The lowest BCUT2D eigenvalue weighted by atomic mass is 10.0. The minimum Gasteiger partial charge on any atom is -0.495 e. The maximum atomic E-state index is 13.8. The van der Waals surface area contributed by atoms with Crippen LogP contribution in [0, 0.1) is 18.6 Å². The van der Waals surface area contributed by atoms with Crippen molar-refractivity contribution < 1.29 is 18.3 Å². The minimum atomic E-state index is -0.881. The predicted octanol–water partition coefficient (Wildman–Crippen LogP) is 4.99. The van der Waals surface area contributed by atoms with Crippen molar-refractivity contribution in [3.63, 3.8) is 0 Å². The molecule has 1 amide bonds. The molecule has 0 unspecified atom stereocenters. The molecule has 7 heteroatoms. The summed E-state index contributed by atoms with van der Waals surface area (Å²) in [5.74, 6) is -1.12. The first-order valence-corrected chi connectivity index (χ1v) is 10.6. The Morgan fingerprint density at radius 2 is 1.97 bits per heavy atom. The van der Waals surface area contributed by atoms with Crippen molar-refractivity contribution >= 4 is 12.0 Å². The summed E-state index contributed by atoms with van der Waals surface area (Å²) in [6, 6.07) is 9.56. The van der Waals surface area contributed by atoms with E-state index in [1.165, 1.54) is 6.07 Å². The third-order valence-electron chi connectivity index (χ3n) is 6.33. The van der Waals surface area contributed by atoms with Crippen molar-refractivity contribution in [2.45, 2.75) is 38.3 Å². The molecule has 0 saturated carbocycles. The number of carbonyl (C=O) groups excluding carboxylic acids is 1. The summed E-state index contributed by atoms with van der Waals surface area (Å²) >= 11 is 0. The number of hydrogen-bond acceptors (Lipinski definition) is 3. The van der Waals surface area contributed by atoms with E-state index in [-0.39, 0.29) is 18.0 Å². The number of ether oxygens (including phenoxy) is 1. The summed E-state index contributed by atoms with van der Waals surface area (Å²) in [6.07, 6.45) is 7.79. The van der Waals surface area contributed by atoms with Crippen LogP contribution in [0.1, 0.15) is 42.1 Å². The molecule has 32 heavy (non-hydrogen) atoms. The summed E-state index contributed by atoms with van der Waals surface area (Å²) < 4.78 is 34.6. The van der Waals surface area contributed by atoms with Crippen LogP contribution in [-0.4, -0.2) is 33.5 Å². The number of aryl methyl sites for hydroxylation is 1. The van der Waals surface area contributed by atoms with Crippen molar-refractivity contribution in [1.29, 1.82) is 0 Å². The largest absolute Gasteiger partial charge is 0.495 e. The molecular formula is C25H23F2N3O2. The van der Waals surface area contributed by atoms with E-state index in [0.717, 1.165) is 41.4 Å². The fourth-order valence-corrected chi connectivity index (χ4v) is 4.82. The lowest BCUT2D eigenvalue weighted by Gasteiger charge is -2.24. The molecule has 0 N–H and O–H groups in total. The number of amides is 1. The quantitative estimate of drug-likeness (QED) is 0.543. The first-order valence-electron chi connectivity index (χ1n) is 10.6. The highest BCUT2D eigenvalue weighted by Crippen LogP contribution is 2.44. The second kappa shape index (κ2) is 7.89. The number of rotatable bonds is 4. The Morgan fingerprint density at radius 1 is 1.12 bits per heavy atom. The molecule has 2 fully saturated rings. The van der Waals surface area contributed by atoms with Gasteiger partial charge in [0.1, 0.15) is 5.75 Å². The van der Waals surface area contributed by atoms with Crippen molar-refractivity contribution in [1.82, 2.24) is 14.5 Å². The fraction of sp³-hybridized carbons (Fsp3) is 0.280. The van der Waals surface area contributed by atoms with E-state index in [2.05, 4.69) is 4.98 Å². The number of hydrogen-bond donors (Lipinski definition) is 0. The number of aromatic nitrogens is 2. The number of nitrogens with zero attached hydrogens (tertiary/aromatic N) is 3. The summed E-state index contributed by atoms with van der Waals surface area (Å²) in [5, 5.41) is 0. The van der Waals surface area contributed by atoms with E-state index in [1.807, 2.05) is 46.9 Å². The van der Waals surface area contributed by atoms with Crippen molar-refractivity contribution in [3.8, 4) is 11.4 Å². The number of fused-ring (bicyclic) bond motifs is 1. The van der Waals surface area contributed by atoms with Gasteiger partial charge in [-0.25, -0.2) is 13.8 Å². The molecule has 3 heterocycles. The highest BCUT2D eigenvalue weighted by atomic mass is 19.2. The zero-order valence-corrected chi connectivity index (χ0v) is 17.9. The molecule has 1 aromatic heterocycles. The van der Waals surface area contributed by atoms with Crippen LogP contribution >= 0.6 is 0 Å². The highest BCUT2D eigenvalue weighted by molar-refractivity contribution is 6.01. The topological polar surface area (TPSA) is 47.4 Å². The zero-order chi connectivity index (χ0) is 22.4. The van der Waals surface area contributed by atoms with Gasteiger partial charge in [0.2, 0.25) is 0 Å². The third kappa shape index (κ3) is 3.47. The molecule has 2 aliphatic rings. The first kappa shape index (κ1) is 20.4. The maximum absolute atomic E-state index is 13.8. The van der Waals surface area contributed by atoms with E-state index in [1.54, 1.807) is 19.5 Å². The van der Waals surface area contributed by atoms with Gasteiger partial charge in [0.25, 0.3) is 5.91 Å². The predicted molar refractivity (Wildman–Crippen MR) is 116 cm³/mol. The Morgan fingerprint density at radius 3 is 2.69 bits per heavy atom. The van der Waals surface area contributed by atoms with Crippen molar-refractivity contribution in [2.24, 2.45) is 0 Å². The van der Waals surface area contributed by atoms with Gasteiger partial charge < -0.3 is 14.2 Å². The molecule has 0 aliphatic carbocycles. The van der Waals surface area contributed by atoms with E-state index < -0.39 is 11.6 Å². The molecule has 2 aliphatic heterocycles. The van der Waals surface area contributed by atoms with Gasteiger partial charge in [-0.3, -0.25) is 4.79 Å². The molecule has 2 aromatic carbocycles. The molecule has 5 nitrogen and oxygen atoms in total.